The summed E-state index contributed by atoms with van der Waals surface area (Å²) in [5.74, 6) is -0.585. The Bertz CT molecular complexity index is 755. The number of rotatable bonds is 5. The summed E-state index contributed by atoms with van der Waals surface area (Å²) in [5.41, 5.74) is 2.21. The summed E-state index contributed by atoms with van der Waals surface area (Å²) >= 11 is 0. The minimum absolute atomic E-state index is 0.110. The first-order valence-electron chi connectivity index (χ1n) is 8.60. The Hall–Kier alpha value is -2.83. The lowest BCUT2D eigenvalue weighted by atomic mass is 9.94. The lowest BCUT2D eigenvalue weighted by molar-refractivity contribution is -0.143. The van der Waals surface area contributed by atoms with Gasteiger partial charge in [0.1, 0.15) is 0 Å². The topological polar surface area (TPSA) is 87.7 Å². The Morgan fingerprint density at radius 1 is 1.35 bits per heavy atom. The van der Waals surface area contributed by atoms with Crippen LogP contribution in [0, 0.1) is 0 Å². The number of nitrogens with zero attached hydrogens (tertiary/aromatic N) is 1. The van der Waals surface area contributed by atoms with Gasteiger partial charge in [-0.25, -0.2) is 9.59 Å². The van der Waals surface area contributed by atoms with E-state index >= 15 is 0 Å². The smallest absolute Gasteiger partial charge is 0.338 e. The van der Waals surface area contributed by atoms with E-state index < -0.39 is 12.0 Å². The van der Waals surface area contributed by atoms with Crippen LogP contribution < -0.4 is 10.6 Å². The van der Waals surface area contributed by atoms with Crippen molar-refractivity contribution in [1.82, 2.24) is 10.2 Å². The van der Waals surface area contributed by atoms with Gasteiger partial charge in [0.2, 0.25) is 5.91 Å². The SMILES string of the molecule is CCC(=O)Nc1cccc([C@H]2NC(=O)N(C)C(C)=C2C(=O)OC(C)C)c1. The van der Waals surface area contributed by atoms with Gasteiger partial charge in [-0.2, -0.15) is 0 Å². The van der Waals surface area contributed by atoms with Crippen molar-refractivity contribution in [2.75, 3.05) is 12.4 Å². The number of allylic oxidation sites excluding steroid dienone is 1. The molecular weight excluding hydrogens is 334 g/mol. The first kappa shape index (κ1) is 19.5. The number of hydrogen-bond acceptors (Lipinski definition) is 4. The van der Waals surface area contributed by atoms with Crippen molar-refractivity contribution in [3.05, 3.63) is 41.1 Å². The fraction of sp³-hybridized carbons (Fsp3) is 0.421. The predicted molar refractivity (Wildman–Crippen MR) is 98.3 cm³/mol. The Morgan fingerprint density at radius 2 is 2.04 bits per heavy atom. The normalized spacial score (nSPS) is 17.2. The standard InChI is InChI=1S/C19H25N3O4/c1-6-15(23)20-14-9-7-8-13(10-14)17-16(18(24)26-11(2)3)12(4)22(5)19(25)21-17/h7-11,17H,6H2,1-5H3,(H,20,23)(H,21,25)/t17-/m1/s1. The maximum absolute atomic E-state index is 12.6. The number of ether oxygens (including phenoxy) is 1. The predicted octanol–water partition coefficient (Wildman–Crippen LogP) is 2.96. The third kappa shape index (κ3) is 4.22. The zero-order valence-corrected chi connectivity index (χ0v) is 15.8. The number of urea groups is 1. The van der Waals surface area contributed by atoms with E-state index in [9.17, 15) is 14.4 Å². The molecule has 26 heavy (non-hydrogen) atoms. The third-order valence-corrected chi connectivity index (χ3v) is 4.14. The second-order valence-electron chi connectivity index (χ2n) is 6.42. The number of esters is 1. The van der Waals surface area contributed by atoms with Crippen molar-refractivity contribution in [3.63, 3.8) is 0 Å². The monoisotopic (exact) mass is 359 g/mol. The van der Waals surface area contributed by atoms with Gasteiger partial charge in [-0.05, 0) is 38.5 Å². The minimum Gasteiger partial charge on any atom is -0.459 e. The molecule has 1 aliphatic rings. The van der Waals surface area contributed by atoms with Crippen LogP contribution in [-0.2, 0) is 14.3 Å². The fourth-order valence-corrected chi connectivity index (χ4v) is 2.67. The molecule has 0 saturated heterocycles. The zero-order valence-electron chi connectivity index (χ0n) is 15.8. The molecule has 7 nitrogen and oxygen atoms in total. The molecule has 0 bridgehead atoms. The van der Waals surface area contributed by atoms with E-state index in [0.717, 1.165) is 0 Å². The molecule has 2 rings (SSSR count). The van der Waals surface area contributed by atoms with Crippen LogP contribution >= 0.6 is 0 Å². The van der Waals surface area contributed by atoms with Crippen molar-refractivity contribution < 1.29 is 19.1 Å². The molecule has 1 atom stereocenters. The van der Waals surface area contributed by atoms with Gasteiger partial charge >= 0.3 is 12.0 Å². The second kappa shape index (κ2) is 8.03. The largest absolute Gasteiger partial charge is 0.459 e. The summed E-state index contributed by atoms with van der Waals surface area (Å²) < 4.78 is 5.36. The molecule has 0 saturated carbocycles. The number of carbonyl (C=O) groups is 3. The van der Waals surface area contributed by atoms with Crippen LogP contribution in [0.4, 0.5) is 10.5 Å². The molecular formula is C19H25N3O4. The van der Waals surface area contributed by atoms with E-state index in [-0.39, 0.29) is 18.0 Å². The Morgan fingerprint density at radius 3 is 2.65 bits per heavy atom. The number of hydrogen-bond donors (Lipinski definition) is 2. The molecule has 2 N–H and O–H groups in total. The number of benzene rings is 1. The highest BCUT2D eigenvalue weighted by atomic mass is 16.5. The van der Waals surface area contributed by atoms with Crippen molar-refractivity contribution in [2.24, 2.45) is 0 Å². The van der Waals surface area contributed by atoms with Gasteiger partial charge in [0.05, 0.1) is 17.7 Å². The minimum atomic E-state index is -0.650. The lowest BCUT2D eigenvalue weighted by Gasteiger charge is -2.33. The molecule has 0 aliphatic carbocycles. The van der Waals surface area contributed by atoms with E-state index in [1.54, 1.807) is 59.0 Å². The van der Waals surface area contributed by atoms with Crippen LogP contribution in [-0.4, -0.2) is 36.0 Å². The molecule has 3 amide bonds. The zero-order chi connectivity index (χ0) is 19.4. The summed E-state index contributed by atoms with van der Waals surface area (Å²) in [5, 5.41) is 5.61. The molecule has 1 aliphatic heterocycles. The second-order valence-corrected chi connectivity index (χ2v) is 6.42. The Kier molecular flexibility index (Phi) is 6.02. The average molecular weight is 359 g/mol. The van der Waals surface area contributed by atoms with E-state index in [0.29, 0.717) is 28.9 Å². The molecule has 0 spiro atoms. The third-order valence-electron chi connectivity index (χ3n) is 4.14. The lowest BCUT2D eigenvalue weighted by Crippen LogP contribution is -2.46. The van der Waals surface area contributed by atoms with Crippen LogP contribution in [0.25, 0.3) is 0 Å². The van der Waals surface area contributed by atoms with Gasteiger partial charge in [0, 0.05) is 24.9 Å². The van der Waals surface area contributed by atoms with E-state index in [2.05, 4.69) is 10.6 Å². The summed E-state index contributed by atoms with van der Waals surface area (Å²) in [6.07, 6.45) is 0.0849. The van der Waals surface area contributed by atoms with E-state index in [1.165, 1.54) is 4.90 Å². The van der Waals surface area contributed by atoms with Gasteiger partial charge in [0.25, 0.3) is 0 Å². The van der Waals surface area contributed by atoms with Crippen LogP contribution in [0.5, 0.6) is 0 Å². The Labute approximate surface area is 153 Å². The first-order chi connectivity index (χ1) is 12.2. The van der Waals surface area contributed by atoms with E-state index in [4.69, 9.17) is 4.74 Å². The van der Waals surface area contributed by atoms with Crippen molar-refractivity contribution >= 4 is 23.6 Å². The summed E-state index contributed by atoms with van der Waals surface area (Å²) in [6.45, 7) is 7.03. The van der Waals surface area contributed by atoms with Gasteiger partial charge in [-0.3, -0.25) is 4.79 Å². The molecule has 7 heteroatoms. The van der Waals surface area contributed by atoms with Crippen molar-refractivity contribution in [1.29, 1.82) is 0 Å². The van der Waals surface area contributed by atoms with Crippen molar-refractivity contribution in [2.45, 2.75) is 46.3 Å². The Balaban J connectivity index is 2.44. The van der Waals surface area contributed by atoms with E-state index in [1.807, 2.05) is 0 Å². The maximum Gasteiger partial charge on any atom is 0.338 e. The quantitative estimate of drug-likeness (QED) is 0.791. The number of nitrogens with one attached hydrogen (secondary N) is 2. The van der Waals surface area contributed by atoms with Crippen LogP contribution in [0.15, 0.2) is 35.5 Å². The fourth-order valence-electron chi connectivity index (χ4n) is 2.67. The van der Waals surface area contributed by atoms with Gasteiger partial charge in [-0.15, -0.1) is 0 Å². The molecule has 0 aromatic heterocycles. The van der Waals surface area contributed by atoms with Crippen molar-refractivity contribution in [3.8, 4) is 0 Å². The average Bonchev–Trinajstić information content (AvgIpc) is 2.58. The molecule has 1 aromatic carbocycles. The molecule has 1 aromatic rings. The first-order valence-corrected chi connectivity index (χ1v) is 8.60. The highest BCUT2D eigenvalue weighted by Gasteiger charge is 2.35. The summed E-state index contributed by atoms with van der Waals surface area (Å²) in [4.78, 5) is 37.9. The molecule has 140 valence electrons. The summed E-state index contributed by atoms with van der Waals surface area (Å²) in [7, 11) is 1.60. The number of amides is 3. The number of carbonyl (C=O) groups excluding carboxylic acids is 3. The summed E-state index contributed by atoms with van der Waals surface area (Å²) in [6, 6.07) is 6.12. The van der Waals surface area contributed by atoms with Crippen LogP contribution in [0.1, 0.15) is 45.7 Å². The molecule has 0 radical (unpaired) electrons. The highest BCUT2D eigenvalue weighted by molar-refractivity contribution is 5.95. The maximum atomic E-state index is 12.6. The van der Waals surface area contributed by atoms with Gasteiger partial charge in [0.15, 0.2) is 0 Å². The van der Waals surface area contributed by atoms with Crippen LogP contribution in [0.2, 0.25) is 0 Å². The molecule has 0 fully saturated rings. The highest BCUT2D eigenvalue weighted by Crippen LogP contribution is 2.32. The van der Waals surface area contributed by atoms with Gasteiger partial charge < -0.3 is 20.3 Å². The van der Waals surface area contributed by atoms with Crippen LogP contribution in [0.3, 0.4) is 0 Å². The molecule has 0 unspecified atom stereocenters. The number of anilines is 1. The van der Waals surface area contributed by atoms with Gasteiger partial charge in [-0.1, -0.05) is 19.1 Å². The molecule has 1 heterocycles.